The number of aromatic nitrogens is 1. The molecule has 1 fully saturated rings. The van der Waals surface area contributed by atoms with E-state index in [0.29, 0.717) is 12.5 Å². The number of hydrogen-bond acceptors (Lipinski definition) is 3. The molecule has 92 valence electrons. The molecule has 0 aliphatic carbocycles. The first-order valence-electron chi connectivity index (χ1n) is 6.09. The van der Waals surface area contributed by atoms with Gasteiger partial charge in [-0.3, -0.25) is 9.78 Å². The van der Waals surface area contributed by atoms with Crippen LogP contribution < -0.4 is 10.6 Å². The van der Waals surface area contributed by atoms with Crippen LogP contribution in [-0.2, 0) is 11.3 Å². The second-order valence-electron chi connectivity index (χ2n) is 4.72. The molecular weight excluding hydrogens is 214 g/mol. The Kier molecular flexibility index (Phi) is 3.74. The second kappa shape index (κ2) is 5.27. The van der Waals surface area contributed by atoms with Crippen LogP contribution in [-0.4, -0.2) is 23.5 Å². The normalized spacial score (nSPS) is 23.6. The average Bonchev–Trinajstić information content (AvgIpc) is 2.74. The summed E-state index contributed by atoms with van der Waals surface area (Å²) in [5.41, 5.74) is 2.24. The highest BCUT2D eigenvalue weighted by atomic mass is 16.2. The van der Waals surface area contributed by atoms with Crippen molar-refractivity contribution in [3.05, 3.63) is 29.6 Å². The number of hydrogen-bond donors (Lipinski definition) is 2. The first-order chi connectivity index (χ1) is 8.18. The van der Waals surface area contributed by atoms with E-state index < -0.39 is 0 Å². The molecule has 1 amide bonds. The van der Waals surface area contributed by atoms with E-state index in [4.69, 9.17) is 0 Å². The summed E-state index contributed by atoms with van der Waals surface area (Å²) in [7, 11) is 0. The molecule has 2 rings (SSSR count). The number of nitrogens with one attached hydrogen (secondary N) is 2. The molecule has 0 spiro atoms. The third kappa shape index (κ3) is 2.82. The molecule has 2 atom stereocenters. The zero-order valence-electron chi connectivity index (χ0n) is 10.4. The smallest absolute Gasteiger partial charge is 0.237 e. The van der Waals surface area contributed by atoms with Gasteiger partial charge in [-0.1, -0.05) is 6.92 Å². The number of amides is 1. The van der Waals surface area contributed by atoms with Gasteiger partial charge in [-0.05, 0) is 43.0 Å². The maximum Gasteiger partial charge on any atom is 0.237 e. The molecule has 0 radical (unpaired) electrons. The van der Waals surface area contributed by atoms with Crippen molar-refractivity contribution in [3.8, 4) is 0 Å². The van der Waals surface area contributed by atoms with Crippen molar-refractivity contribution in [3.63, 3.8) is 0 Å². The van der Waals surface area contributed by atoms with E-state index in [2.05, 4.69) is 22.5 Å². The van der Waals surface area contributed by atoms with Crippen LogP contribution in [0.3, 0.4) is 0 Å². The molecule has 4 nitrogen and oxygen atoms in total. The van der Waals surface area contributed by atoms with Gasteiger partial charge in [0.2, 0.25) is 5.91 Å². The lowest BCUT2D eigenvalue weighted by atomic mass is 10.0. The lowest BCUT2D eigenvalue weighted by molar-refractivity contribution is -0.123. The van der Waals surface area contributed by atoms with Gasteiger partial charge in [0.05, 0.1) is 6.04 Å². The Hall–Kier alpha value is -1.42. The molecule has 0 aromatic carbocycles. The Labute approximate surface area is 102 Å². The number of aryl methyl sites for hydroxylation is 1. The summed E-state index contributed by atoms with van der Waals surface area (Å²) >= 11 is 0. The molecule has 1 aliphatic rings. The molecule has 17 heavy (non-hydrogen) atoms. The van der Waals surface area contributed by atoms with Crippen LogP contribution in [0, 0.1) is 12.8 Å². The van der Waals surface area contributed by atoms with Gasteiger partial charge in [0.25, 0.3) is 0 Å². The van der Waals surface area contributed by atoms with Gasteiger partial charge in [-0.2, -0.15) is 0 Å². The third-order valence-electron chi connectivity index (χ3n) is 3.42. The quantitative estimate of drug-likeness (QED) is 0.819. The zero-order valence-corrected chi connectivity index (χ0v) is 10.4. The van der Waals surface area contributed by atoms with Gasteiger partial charge in [-0.25, -0.2) is 0 Å². The molecule has 2 heterocycles. The van der Waals surface area contributed by atoms with Crippen molar-refractivity contribution in [2.75, 3.05) is 6.54 Å². The Morgan fingerprint density at radius 1 is 1.65 bits per heavy atom. The lowest BCUT2D eigenvalue weighted by Crippen LogP contribution is -2.43. The van der Waals surface area contributed by atoms with Gasteiger partial charge in [0.15, 0.2) is 0 Å². The van der Waals surface area contributed by atoms with Gasteiger partial charge in [0, 0.05) is 18.9 Å². The summed E-state index contributed by atoms with van der Waals surface area (Å²) in [4.78, 5) is 16.0. The highest BCUT2D eigenvalue weighted by molar-refractivity contribution is 5.82. The average molecular weight is 233 g/mol. The van der Waals surface area contributed by atoms with Crippen molar-refractivity contribution in [2.45, 2.75) is 32.9 Å². The summed E-state index contributed by atoms with van der Waals surface area (Å²) in [5.74, 6) is 0.517. The van der Waals surface area contributed by atoms with Crippen molar-refractivity contribution < 1.29 is 4.79 Å². The number of nitrogens with zero attached hydrogens (tertiary/aromatic N) is 1. The molecule has 2 unspecified atom stereocenters. The fraction of sp³-hybridized carbons (Fsp3) is 0.538. The topological polar surface area (TPSA) is 54.0 Å². The molecule has 1 aromatic rings. The van der Waals surface area contributed by atoms with E-state index in [9.17, 15) is 4.79 Å². The predicted molar refractivity (Wildman–Crippen MR) is 66.4 cm³/mol. The van der Waals surface area contributed by atoms with Crippen LogP contribution in [0.4, 0.5) is 0 Å². The summed E-state index contributed by atoms with van der Waals surface area (Å²) in [6.07, 6.45) is 4.65. The van der Waals surface area contributed by atoms with E-state index >= 15 is 0 Å². The van der Waals surface area contributed by atoms with Crippen LogP contribution in [0.25, 0.3) is 0 Å². The Morgan fingerprint density at radius 3 is 3.12 bits per heavy atom. The summed E-state index contributed by atoms with van der Waals surface area (Å²) < 4.78 is 0. The van der Waals surface area contributed by atoms with Gasteiger partial charge >= 0.3 is 0 Å². The molecular formula is C13H19N3O. The van der Waals surface area contributed by atoms with Crippen molar-refractivity contribution in [2.24, 2.45) is 5.92 Å². The first kappa shape index (κ1) is 12.0. The van der Waals surface area contributed by atoms with Crippen LogP contribution >= 0.6 is 0 Å². The van der Waals surface area contributed by atoms with Gasteiger partial charge in [0.1, 0.15) is 0 Å². The van der Waals surface area contributed by atoms with Crippen molar-refractivity contribution in [1.29, 1.82) is 0 Å². The second-order valence-corrected chi connectivity index (χ2v) is 4.72. The molecule has 1 aromatic heterocycles. The largest absolute Gasteiger partial charge is 0.351 e. The van der Waals surface area contributed by atoms with E-state index in [0.717, 1.165) is 24.1 Å². The Balaban J connectivity index is 1.90. The predicted octanol–water partition coefficient (Wildman–Crippen LogP) is 1.00. The highest BCUT2D eigenvalue weighted by Crippen LogP contribution is 2.14. The summed E-state index contributed by atoms with van der Waals surface area (Å²) in [6, 6.07) is 1.92. The number of carbonyl (C=O) groups is 1. The van der Waals surface area contributed by atoms with E-state index in [1.54, 1.807) is 12.4 Å². The number of pyridine rings is 1. The maximum atomic E-state index is 11.9. The Morgan fingerprint density at radius 2 is 2.47 bits per heavy atom. The Bertz CT molecular complexity index is 405. The summed E-state index contributed by atoms with van der Waals surface area (Å²) in [5, 5.41) is 6.20. The fourth-order valence-electron chi connectivity index (χ4n) is 2.16. The SMILES string of the molecule is Cc1ccncc1CNC(=O)C1NCCC1C. The van der Waals surface area contributed by atoms with Crippen LogP contribution in [0.5, 0.6) is 0 Å². The minimum Gasteiger partial charge on any atom is -0.351 e. The molecule has 1 saturated heterocycles. The van der Waals surface area contributed by atoms with Crippen LogP contribution in [0.2, 0.25) is 0 Å². The van der Waals surface area contributed by atoms with Crippen molar-refractivity contribution in [1.82, 2.24) is 15.6 Å². The molecule has 4 heteroatoms. The van der Waals surface area contributed by atoms with E-state index in [1.165, 1.54) is 0 Å². The van der Waals surface area contributed by atoms with E-state index in [-0.39, 0.29) is 11.9 Å². The number of carbonyl (C=O) groups excluding carboxylic acids is 1. The molecule has 1 aliphatic heterocycles. The maximum absolute atomic E-state index is 11.9. The van der Waals surface area contributed by atoms with Crippen LogP contribution in [0.1, 0.15) is 24.5 Å². The minimum absolute atomic E-state index is 0.0352. The zero-order chi connectivity index (χ0) is 12.3. The lowest BCUT2D eigenvalue weighted by Gasteiger charge is -2.15. The first-order valence-corrected chi connectivity index (χ1v) is 6.09. The number of rotatable bonds is 3. The van der Waals surface area contributed by atoms with E-state index in [1.807, 2.05) is 13.0 Å². The van der Waals surface area contributed by atoms with Gasteiger partial charge in [-0.15, -0.1) is 0 Å². The van der Waals surface area contributed by atoms with Crippen LogP contribution in [0.15, 0.2) is 18.5 Å². The minimum atomic E-state index is -0.0352. The molecule has 2 N–H and O–H groups in total. The fourth-order valence-corrected chi connectivity index (χ4v) is 2.16. The van der Waals surface area contributed by atoms with Gasteiger partial charge < -0.3 is 10.6 Å². The third-order valence-corrected chi connectivity index (χ3v) is 3.42. The van der Waals surface area contributed by atoms with Crippen molar-refractivity contribution >= 4 is 5.91 Å². The standard InChI is InChI=1S/C13H19N3O/c1-9-3-5-14-7-11(9)8-16-13(17)12-10(2)4-6-15-12/h3,5,7,10,12,15H,4,6,8H2,1-2H3,(H,16,17). The molecule has 0 saturated carbocycles. The monoisotopic (exact) mass is 233 g/mol. The highest BCUT2D eigenvalue weighted by Gasteiger charge is 2.28. The molecule has 0 bridgehead atoms. The summed E-state index contributed by atoms with van der Waals surface area (Å²) in [6.45, 7) is 5.63.